The van der Waals surface area contributed by atoms with Gasteiger partial charge in [0.25, 0.3) is 0 Å². The van der Waals surface area contributed by atoms with Gasteiger partial charge < -0.3 is 20.1 Å². The van der Waals surface area contributed by atoms with E-state index in [1.807, 2.05) is 19.1 Å². The molecule has 1 aromatic heterocycles. The molecule has 0 bridgehead atoms. The van der Waals surface area contributed by atoms with Crippen LogP contribution in [0, 0.1) is 6.92 Å². The lowest BCUT2D eigenvalue weighted by molar-refractivity contribution is 0.355. The standard InChI is InChI=1S/C14H16N4O2S/c1-9-6-7-15-13(16-9)18-14(21)17-10-4-5-11(19-2)12(8-10)20-3/h4-8H,1-3H3,(H2,15,16,17,18,21). The Labute approximate surface area is 128 Å². The van der Waals surface area contributed by atoms with Crippen LogP contribution in [0.25, 0.3) is 0 Å². The van der Waals surface area contributed by atoms with Crippen molar-refractivity contribution in [2.24, 2.45) is 0 Å². The molecule has 110 valence electrons. The van der Waals surface area contributed by atoms with E-state index in [1.54, 1.807) is 32.5 Å². The van der Waals surface area contributed by atoms with E-state index in [-0.39, 0.29) is 0 Å². The topological polar surface area (TPSA) is 68.3 Å². The number of rotatable bonds is 4. The van der Waals surface area contributed by atoms with Crippen molar-refractivity contribution >= 4 is 29.0 Å². The van der Waals surface area contributed by atoms with Crippen LogP contribution in [0.1, 0.15) is 5.69 Å². The molecule has 0 aliphatic rings. The third kappa shape index (κ3) is 4.03. The molecule has 2 N–H and O–H groups in total. The predicted octanol–water partition coefficient (Wildman–Crippen LogP) is 2.61. The van der Waals surface area contributed by atoms with Gasteiger partial charge in [0, 0.05) is 23.6 Å². The number of hydrogen-bond donors (Lipinski definition) is 2. The highest BCUT2D eigenvalue weighted by molar-refractivity contribution is 7.80. The number of anilines is 2. The quantitative estimate of drug-likeness (QED) is 0.841. The Morgan fingerprint density at radius 3 is 2.52 bits per heavy atom. The molecule has 7 heteroatoms. The molecule has 0 spiro atoms. The molecule has 6 nitrogen and oxygen atoms in total. The van der Waals surface area contributed by atoms with Crippen molar-refractivity contribution in [3.8, 4) is 11.5 Å². The Balaban J connectivity index is 2.06. The van der Waals surface area contributed by atoms with Crippen LogP contribution in [0.4, 0.5) is 11.6 Å². The second kappa shape index (κ2) is 6.85. The third-order valence-corrected chi connectivity index (χ3v) is 2.87. The van der Waals surface area contributed by atoms with Gasteiger partial charge in [-0.05, 0) is 37.3 Å². The Kier molecular flexibility index (Phi) is 4.89. The zero-order chi connectivity index (χ0) is 15.2. The van der Waals surface area contributed by atoms with Gasteiger partial charge in [0.05, 0.1) is 14.2 Å². The third-order valence-electron chi connectivity index (χ3n) is 2.66. The first kappa shape index (κ1) is 15.0. The summed E-state index contributed by atoms with van der Waals surface area (Å²) in [5.74, 6) is 1.73. The Morgan fingerprint density at radius 2 is 1.86 bits per heavy atom. The molecule has 0 radical (unpaired) electrons. The zero-order valence-corrected chi connectivity index (χ0v) is 12.8. The minimum absolute atomic E-state index is 0.396. The van der Waals surface area contributed by atoms with E-state index >= 15 is 0 Å². The minimum atomic E-state index is 0.396. The van der Waals surface area contributed by atoms with Gasteiger partial charge in [-0.25, -0.2) is 9.97 Å². The van der Waals surface area contributed by atoms with Crippen LogP contribution in [0.15, 0.2) is 30.5 Å². The van der Waals surface area contributed by atoms with Crippen molar-refractivity contribution < 1.29 is 9.47 Å². The summed E-state index contributed by atoms with van der Waals surface area (Å²) in [5, 5.41) is 6.36. The van der Waals surface area contributed by atoms with E-state index in [2.05, 4.69) is 20.6 Å². The summed E-state index contributed by atoms with van der Waals surface area (Å²) in [6, 6.07) is 7.25. The fourth-order valence-corrected chi connectivity index (χ4v) is 1.90. The van der Waals surface area contributed by atoms with Crippen LogP contribution >= 0.6 is 12.2 Å². The van der Waals surface area contributed by atoms with Gasteiger partial charge in [-0.2, -0.15) is 0 Å². The van der Waals surface area contributed by atoms with E-state index in [1.165, 1.54) is 0 Å². The molecule has 0 saturated carbocycles. The van der Waals surface area contributed by atoms with E-state index in [0.717, 1.165) is 11.4 Å². The number of benzene rings is 1. The smallest absolute Gasteiger partial charge is 0.229 e. The van der Waals surface area contributed by atoms with E-state index in [4.69, 9.17) is 21.7 Å². The summed E-state index contributed by atoms with van der Waals surface area (Å²) in [7, 11) is 3.17. The number of hydrogen-bond acceptors (Lipinski definition) is 5. The summed E-state index contributed by atoms with van der Waals surface area (Å²) >= 11 is 5.23. The Bertz CT molecular complexity index is 649. The van der Waals surface area contributed by atoms with E-state index in [0.29, 0.717) is 22.6 Å². The lowest BCUT2D eigenvalue weighted by Gasteiger charge is -2.12. The van der Waals surface area contributed by atoms with Crippen LogP contribution in [-0.2, 0) is 0 Å². The van der Waals surface area contributed by atoms with E-state index < -0.39 is 0 Å². The molecule has 0 saturated heterocycles. The number of aryl methyl sites for hydroxylation is 1. The second-order valence-electron chi connectivity index (χ2n) is 4.17. The monoisotopic (exact) mass is 304 g/mol. The van der Waals surface area contributed by atoms with Crippen molar-refractivity contribution in [3.05, 3.63) is 36.2 Å². The fraction of sp³-hybridized carbons (Fsp3) is 0.214. The van der Waals surface area contributed by atoms with Crippen molar-refractivity contribution in [2.75, 3.05) is 24.9 Å². The molecule has 0 aliphatic heterocycles. The van der Waals surface area contributed by atoms with Crippen LogP contribution in [0.5, 0.6) is 11.5 Å². The molecule has 1 heterocycles. The minimum Gasteiger partial charge on any atom is -0.493 e. The highest BCUT2D eigenvalue weighted by Gasteiger charge is 2.06. The summed E-state index contributed by atoms with van der Waals surface area (Å²) in [6.07, 6.45) is 1.67. The van der Waals surface area contributed by atoms with Gasteiger partial charge in [-0.1, -0.05) is 0 Å². The molecule has 0 unspecified atom stereocenters. The largest absolute Gasteiger partial charge is 0.493 e. The predicted molar refractivity (Wildman–Crippen MR) is 86.2 cm³/mol. The second-order valence-corrected chi connectivity index (χ2v) is 4.58. The number of nitrogens with one attached hydrogen (secondary N) is 2. The average molecular weight is 304 g/mol. The van der Waals surface area contributed by atoms with Gasteiger partial charge in [0.15, 0.2) is 16.6 Å². The van der Waals surface area contributed by atoms with E-state index in [9.17, 15) is 0 Å². The molecule has 0 atom stereocenters. The first-order valence-corrected chi connectivity index (χ1v) is 6.63. The normalized spacial score (nSPS) is 9.86. The van der Waals surface area contributed by atoms with Crippen LogP contribution in [0.3, 0.4) is 0 Å². The van der Waals surface area contributed by atoms with Gasteiger partial charge in [0.2, 0.25) is 5.95 Å². The van der Waals surface area contributed by atoms with Gasteiger partial charge in [-0.15, -0.1) is 0 Å². The number of thiocarbonyl (C=S) groups is 1. The van der Waals surface area contributed by atoms with Crippen molar-refractivity contribution in [2.45, 2.75) is 6.92 Å². The summed E-state index contributed by atoms with van der Waals surface area (Å²) < 4.78 is 10.4. The molecule has 0 fully saturated rings. The zero-order valence-electron chi connectivity index (χ0n) is 12.0. The lowest BCUT2D eigenvalue weighted by Crippen LogP contribution is -2.20. The molecule has 0 amide bonds. The Hall–Kier alpha value is -2.41. The average Bonchev–Trinajstić information content (AvgIpc) is 2.47. The van der Waals surface area contributed by atoms with Crippen LogP contribution < -0.4 is 20.1 Å². The van der Waals surface area contributed by atoms with Crippen molar-refractivity contribution in [1.29, 1.82) is 0 Å². The molecule has 0 aliphatic carbocycles. The van der Waals surface area contributed by atoms with Gasteiger partial charge in [0.1, 0.15) is 0 Å². The molecule has 2 rings (SSSR count). The number of aromatic nitrogens is 2. The molecule has 21 heavy (non-hydrogen) atoms. The van der Waals surface area contributed by atoms with Crippen LogP contribution in [0.2, 0.25) is 0 Å². The SMILES string of the molecule is COc1ccc(NC(=S)Nc2nccc(C)n2)cc1OC. The van der Waals surface area contributed by atoms with Crippen LogP contribution in [-0.4, -0.2) is 29.3 Å². The maximum atomic E-state index is 5.24. The number of methoxy groups -OCH3 is 2. The first-order valence-electron chi connectivity index (χ1n) is 6.22. The summed E-state index contributed by atoms with van der Waals surface area (Å²) in [4.78, 5) is 8.31. The fourth-order valence-electron chi connectivity index (χ4n) is 1.69. The van der Waals surface area contributed by atoms with Crippen molar-refractivity contribution in [1.82, 2.24) is 9.97 Å². The van der Waals surface area contributed by atoms with Gasteiger partial charge in [-0.3, -0.25) is 0 Å². The molecule has 1 aromatic carbocycles. The number of nitrogens with zero attached hydrogens (tertiary/aromatic N) is 2. The highest BCUT2D eigenvalue weighted by Crippen LogP contribution is 2.29. The molecular formula is C14H16N4O2S. The summed E-state index contributed by atoms with van der Waals surface area (Å²) in [5.41, 5.74) is 1.64. The maximum Gasteiger partial charge on any atom is 0.229 e. The first-order chi connectivity index (χ1) is 10.1. The number of ether oxygens (including phenoxy) is 2. The van der Waals surface area contributed by atoms with Crippen molar-refractivity contribution in [3.63, 3.8) is 0 Å². The highest BCUT2D eigenvalue weighted by atomic mass is 32.1. The van der Waals surface area contributed by atoms with Gasteiger partial charge >= 0.3 is 0 Å². The lowest BCUT2D eigenvalue weighted by atomic mass is 10.3. The molecule has 2 aromatic rings. The Morgan fingerprint density at radius 1 is 1.10 bits per heavy atom. The maximum absolute atomic E-state index is 5.24. The molecular weight excluding hydrogens is 288 g/mol. The summed E-state index contributed by atoms with van der Waals surface area (Å²) in [6.45, 7) is 1.89.